The number of aromatic nitrogens is 2. The molecule has 0 radical (unpaired) electrons. The lowest BCUT2D eigenvalue weighted by molar-refractivity contribution is -0.136. The highest BCUT2D eigenvalue weighted by Crippen LogP contribution is 2.14. The molecule has 2 aromatic rings. The van der Waals surface area contributed by atoms with Gasteiger partial charge >= 0.3 is 5.97 Å². The van der Waals surface area contributed by atoms with Gasteiger partial charge in [-0.15, -0.1) is 0 Å². The highest BCUT2D eigenvalue weighted by molar-refractivity contribution is 5.70. The SMILES string of the molecule is Cc1ccc(-c2ccc(CC(=O)O)cn2)nc1. The number of aryl methyl sites for hydroxylation is 1. The molecule has 17 heavy (non-hydrogen) atoms. The van der Waals surface area contributed by atoms with Crippen molar-refractivity contribution in [3.63, 3.8) is 0 Å². The van der Waals surface area contributed by atoms with Crippen molar-refractivity contribution in [3.05, 3.63) is 47.8 Å². The van der Waals surface area contributed by atoms with Crippen LogP contribution in [0.3, 0.4) is 0 Å². The van der Waals surface area contributed by atoms with Gasteiger partial charge in [0, 0.05) is 12.4 Å². The number of carboxylic acid groups (broad SMARTS) is 1. The van der Waals surface area contributed by atoms with Crippen LogP contribution in [0.2, 0.25) is 0 Å². The maximum atomic E-state index is 10.5. The first-order chi connectivity index (χ1) is 8.15. The fraction of sp³-hybridized carbons (Fsp3) is 0.154. The van der Waals surface area contributed by atoms with E-state index in [1.807, 2.05) is 19.1 Å². The van der Waals surface area contributed by atoms with E-state index in [9.17, 15) is 4.79 Å². The topological polar surface area (TPSA) is 63.1 Å². The second kappa shape index (κ2) is 4.74. The van der Waals surface area contributed by atoms with Crippen LogP contribution in [-0.4, -0.2) is 21.0 Å². The summed E-state index contributed by atoms with van der Waals surface area (Å²) in [6, 6.07) is 7.41. The normalized spacial score (nSPS) is 10.2. The molecule has 86 valence electrons. The molecule has 0 spiro atoms. The highest BCUT2D eigenvalue weighted by Gasteiger charge is 2.03. The van der Waals surface area contributed by atoms with Crippen molar-refractivity contribution in [1.82, 2.24) is 9.97 Å². The van der Waals surface area contributed by atoms with E-state index in [2.05, 4.69) is 9.97 Å². The minimum Gasteiger partial charge on any atom is -0.481 e. The molecule has 4 nitrogen and oxygen atoms in total. The molecule has 0 aromatic carbocycles. The second-order valence-corrected chi connectivity index (χ2v) is 3.84. The molecule has 0 saturated carbocycles. The van der Waals surface area contributed by atoms with Gasteiger partial charge in [0.05, 0.1) is 17.8 Å². The van der Waals surface area contributed by atoms with E-state index in [1.54, 1.807) is 24.5 Å². The molecule has 0 bridgehead atoms. The van der Waals surface area contributed by atoms with Crippen LogP contribution < -0.4 is 0 Å². The minimum absolute atomic E-state index is 0.00535. The van der Waals surface area contributed by atoms with Crippen LogP contribution >= 0.6 is 0 Å². The van der Waals surface area contributed by atoms with Gasteiger partial charge in [0.15, 0.2) is 0 Å². The summed E-state index contributed by atoms with van der Waals surface area (Å²) >= 11 is 0. The van der Waals surface area contributed by atoms with Crippen LogP contribution in [0.15, 0.2) is 36.7 Å². The van der Waals surface area contributed by atoms with Crippen LogP contribution in [0.5, 0.6) is 0 Å². The van der Waals surface area contributed by atoms with Crippen molar-refractivity contribution in [2.45, 2.75) is 13.3 Å². The number of rotatable bonds is 3. The van der Waals surface area contributed by atoms with E-state index in [-0.39, 0.29) is 6.42 Å². The zero-order chi connectivity index (χ0) is 12.3. The molecule has 0 fully saturated rings. The van der Waals surface area contributed by atoms with Gasteiger partial charge in [-0.05, 0) is 30.2 Å². The number of aliphatic carboxylic acids is 1. The zero-order valence-electron chi connectivity index (χ0n) is 9.42. The molecule has 0 unspecified atom stereocenters. The van der Waals surface area contributed by atoms with Gasteiger partial charge < -0.3 is 5.11 Å². The van der Waals surface area contributed by atoms with Gasteiger partial charge in [-0.3, -0.25) is 14.8 Å². The smallest absolute Gasteiger partial charge is 0.307 e. The van der Waals surface area contributed by atoms with E-state index in [0.29, 0.717) is 5.56 Å². The predicted molar refractivity (Wildman–Crippen MR) is 63.5 cm³/mol. The van der Waals surface area contributed by atoms with Gasteiger partial charge in [0.1, 0.15) is 0 Å². The number of carboxylic acids is 1. The van der Waals surface area contributed by atoms with E-state index in [1.165, 1.54) is 0 Å². The standard InChI is InChI=1S/C13H12N2O2/c1-9-2-4-11(14-7-9)12-5-3-10(8-15-12)6-13(16)17/h2-5,7-8H,6H2,1H3,(H,16,17). The maximum absolute atomic E-state index is 10.5. The van der Waals surface area contributed by atoms with Crippen LogP contribution in [0.4, 0.5) is 0 Å². The third kappa shape index (κ3) is 2.87. The summed E-state index contributed by atoms with van der Waals surface area (Å²) in [5.74, 6) is -0.854. The Bertz CT molecular complexity index is 518. The van der Waals surface area contributed by atoms with E-state index >= 15 is 0 Å². The lowest BCUT2D eigenvalue weighted by Gasteiger charge is -2.01. The molecule has 2 rings (SSSR count). The summed E-state index contributed by atoms with van der Waals surface area (Å²) in [6.45, 7) is 1.97. The van der Waals surface area contributed by atoms with Crippen LogP contribution in [-0.2, 0) is 11.2 Å². The van der Waals surface area contributed by atoms with E-state index in [0.717, 1.165) is 17.0 Å². The largest absolute Gasteiger partial charge is 0.481 e. The van der Waals surface area contributed by atoms with Gasteiger partial charge in [0.2, 0.25) is 0 Å². The quantitative estimate of drug-likeness (QED) is 0.873. The van der Waals surface area contributed by atoms with Crippen LogP contribution in [0.1, 0.15) is 11.1 Å². The minimum atomic E-state index is -0.854. The average molecular weight is 228 g/mol. The molecule has 1 N–H and O–H groups in total. The van der Waals surface area contributed by atoms with Gasteiger partial charge in [-0.1, -0.05) is 12.1 Å². The first-order valence-electron chi connectivity index (χ1n) is 5.25. The number of carbonyl (C=O) groups is 1. The van der Waals surface area contributed by atoms with Crippen molar-refractivity contribution < 1.29 is 9.90 Å². The molecule has 0 saturated heterocycles. The molecule has 2 aromatic heterocycles. The van der Waals surface area contributed by atoms with Crippen LogP contribution in [0, 0.1) is 6.92 Å². The van der Waals surface area contributed by atoms with Crippen molar-refractivity contribution >= 4 is 5.97 Å². The Balaban J connectivity index is 2.23. The maximum Gasteiger partial charge on any atom is 0.307 e. The van der Waals surface area contributed by atoms with Gasteiger partial charge in [0.25, 0.3) is 0 Å². The Morgan fingerprint density at radius 2 is 1.76 bits per heavy atom. The third-order valence-corrected chi connectivity index (χ3v) is 2.35. The first-order valence-corrected chi connectivity index (χ1v) is 5.25. The molecule has 0 aliphatic heterocycles. The molecule has 4 heteroatoms. The molecular formula is C13H12N2O2. The Hall–Kier alpha value is -2.23. The Labute approximate surface area is 99.0 Å². The molecular weight excluding hydrogens is 216 g/mol. The average Bonchev–Trinajstić information content (AvgIpc) is 2.30. The van der Waals surface area contributed by atoms with Crippen molar-refractivity contribution in [2.75, 3.05) is 0 Å². The predicted octanol–water partition coefficient (Wildman–Crippen LogP) is 2.08. The fourth-order valence-corrected chi connectivity index (χ4v) is 1.47. The molecule has 0 atom stereocenters. The number of nitrogens with zero attached hydrogens (tertiary/aromatic N) is 2. The molecule has 0 aliphatic rings. The lowest BCUT2D eigenvalue weighted by atomic mass is 10.1. The third-order valence-electron chi connectivity index (χ3n) is 2.35. The second-order valence-electron chi connectivity index (χ2n) is 3.84. The lowest BCUT2D eigenvalue weighted by Crippen LogP contribution is -2.00. The number of hydrogen-bond donors (Lipinski definition) is 1. The summed E-state index contributed by atoms with van der Waals surface area (Å²) in [7, 11) is 0. The van der Waals surface area contributed by atoms with Gasteiger partial charge in [-0.25, -0.2) is 0 Å². The number of hydrogen-bond acceptors (Lipinski definition) is 3. The van der Waals surface area contributed by atoms with Crippen molar-refractivity contribution in [1.29, 1.82) is 0 Å². The Kier molecular flexibility index (Phi) is 3.14. The van der Waals surface area contributed by atoms with Crippen LogP contribution in [0.25, 0.3) is 11.4 Å². The zero-order valence-corrected chi connectivity index (χ0v) is 9.42. The monoisotopic (exact) mass is 228 g/mol. The van der Waals surface area contributed by atoms with Gasteiger partial charge in [-0.2, -0.15) is 0 Å². The summed E-state index contributed by atoms with van der Waals surface area (Å²) in [5, 5.41) is 8.64. The highest BCUT2D eigenvalue weighted by atomic mass is 16.4. The summed E-state index contributed by atoms with van der Waals surface area (Å²) < 4.78 is 0. The summed E-state index contributed by atoms with van der Waals surface area (Å²) in [5.41, 5.74) is 3.32. The summed E-state index contributed by atoms with van der Waals surface area (Å²) in [6.07, 6.45) is 3.35. The Morgan fingerprint density at radius 1 is 1.12 bits per heavy atom. The van der Waals surface area contributed by atoms with Crippen molar-refractivity contribution in [3.8, 4) is 11.4 Å². The first kappa shape index (κ1) is 11.3. The molecule has 0 aliphatic carbocycles. The molecule has 0 amide bonds. The Morgan fingerprint density at radius 3 is 2.24 bits per heavy atom. The molecule has 2 heterocycles. The van der Waals surface area contributed by atoms with E-state index < -0.39 is 5.97 Å². The fourth-order valence-electron chi connectivity index (χ4n) is 1.47. The van der Waals surface area contributed by atoms with E-state index in [4.69, 9.17) is 5.11 Å². The summed E-state index contributed by atoms with van der Waals surface area (Å²) in [4.78, 5) is 19.0. The van der Waals surface area contributed by atoms with Crippen molar-refractivity contribution in [2.24, 2.45) is 0 Å². The number of pyridine rings is 2.